The van der Waals surface area contributed by atoms with Crippen LogP contribution in [0.25, 0.3) is 0 Å². The minimum Gasteiger partial charge on any atom is -0.494 e. The van der Waals surface area contributed by atoms with Gasteiger partial charge in [0.05, 0.1) is 12.5 Å². The summed E-state index contributed by atoms with van der Waals surface area (Å²) in [6, 6.07) is 5.48. The number of amides is 1. The second kappa shape index (κ2) is 6.38. The minimum absolute atomic E-state index is 0.00955. The fourth-order valence-corrected chi connectivity index (χ4v) is 1.52. The number of hydrogen-bond acceptors (Lipinski definition) is 2. The van der Waals surface area contributed by atoms with Gasteiger partial charge >= 0.3 is 0 Å². The molecular formula is C12H16ClNO2. The van der Waals surface area contributed by atoms with E-state index in [4.69, 9.17) is 16.3 Å². The molecule has 0 aromatic heterocycles. The van der Waals surface area contributed by atoms with Gasteiger partial charge in [0, 0.05) is 17.7 Å². The van der Waals surface area contributed by atoms with Gasteiger partial charge in [-0.05, 0) is 25.1 Å². The molecule has 0 heterocycles. The molecule has 0 aliphatic heterocycles. The van der Waals surface area contributed by atoms with Crippen LogP contribution in [-0.4, -0.2) is 12.5 Å². The lowest BCUT2D eigenvalue weighted by molar-refractivity contribution is -0.115. The van der Waals surface area contributed by atoms with Crippen molar-refractivity contribution >= 4 is 23.2 Å². The summed E-state index contributed by atoms with van der Waals surface area (Å²) in [5.41, 5.74) is 1.64. The van der Waals surface area contributed by atoms with E-state index >= 15 is 0 Å². The zero-order valence-electron chi connectivity index (χ0n) is 9.55. The summed E-state index contributed by atoms with van der Waals surface area (Å²) in [6.45, 7) is 4.34. The number of hydrogen-bond donors (Lipinski definition) is 1. The van der Waals surface area contributed by atoms with E-state index in [9.17, 15) is 4.79 Å². The normalized spacial score (nSPS) is 9.94. The molecule has 88 valence electrons. The van der Waals surface area contributed by atoms with Crippen molar-refractivity contribution in [3.05, 3.63) is 23.8 Å². The maximum atomic E-state index is 11.2. The smallest absolute Gasteiger partial charge is 0.224 e. The molecule has 1 N–H and O–H groups in total. The highest BCUT2D eigenvalue weighted by Gasteiger charge is 2.05. The molecule has 4 heteroatoms. The van der Waals surface area contributed by atoms with Crippen LogP contribution in [0.2, 0.25) is 0 Å². The zero-order chi connectivity index (χ0) is 12.0. The van der Waals surface area contributed by atoms with Crippen molar-refractivity contribution in [3.8, 4) is 5.75 Å². The standard InChI is InChI=1S/C12H16ClNO2/c1-3-12(15)14-10-5-6-11(16-4-2)9(7-10)8-13/h5-7H,3-4,8H2,1-2H3,(H,14,15). The van der Waals surface area contributed by atoms with Gasteiger partial charge in [0.15, 0.2) is 0 Å². The van der Waals surface area contributed by atoms with E-state index in [1.807, 2.05) is 32.0 Å². The number of benzene rings is 1. The number of nitrogens with one attached hydrogen (secondary N) is 1. The van der Waals surface area contributed by atoms with E-state index in [2.05, 4.69) is 5.32 Å². The Bertz CT molecular complexity index is 366. The molecule has 1 aromatic carbocycles. The Labute approximate surface area is 101 Å². The van der Waals surface area contributed by atoms with Crippen molar-refractivity contribution in [1.29, 1.82) is 0 Å². The van der Waals surface area contributed by atoms with Gasteiger partial charge in [-0.25, -0.2) is 0 Å². The summed E-state index contributed by atoms with van der Waals surface area (Å²) in [6.07, 6.45) is 0.462. The monoisotopic (exact) mass is 241 g/mol. The van der Waals surface area contributed by atoms with Crippen molar-refractivity contribution in [1.82, 2.24) is 0 Å². The van der Waals surface area contributed by atoms with Crippen LogP contribution in [0.4, 0.5) is 5.69 Å². The molecule has 1 aromatic rings. The fourth-order valence-electron chi connectivity index (χ4n) is 1.31. The molecule has 0 spiro atoms. The van der Waals surface area contributed by atoms with E-state index in [1.54, 1.807) is 0 Å². The number of carbonyl (C=O) groups excluding carboxylic acids is 1. The van der Waals surface area contributed by atoms with E-state index in [0.717, 1.165) is 17.0 Å². The van der Waals surface area contributed by atoms with Crippen molar-refractivity contribution in [3.63, 3.8) is 0 Å². The molecule has 0 radical (unpaired) electrons. The molecule has 0 unspecified atom stereocenters. The van der Waals surface area contributed by atoms with Gasteiger partial charge in [0.1, 0.15) is 5.75 Å². The first-order chi connectivity index (χ1) is 7.71. The first-order valence-corrected chi connectivity index (χ1v) is 5.86. The van der Waals surface area contributed by atoms with Crippen LogP contribution in [0.1, 0.15) is 25.8 Å². The Morgan fingerprint density at radius 2 is 2.19 bits per heavy atom. The van der Waals surface area contributed by atoms with E-state index in [-0.39, 0.29) is 5.91 Å². The van der Waals surface area contributed by atoms with Crippen molar-refractivity contribution in [2.24, 2.45) is 0 Å². The van der Waals surface area contributed by atoms with Crippen LogP contribution in [-0.2, 0) is 10.7 Å². The van der Waals surface area contributed by atoms with Gasteiger partial charge < -0.3 is 10.1 Å². The highest BCUT2D eigenvalue weighted by Crippen LogP contribution is 2.24. The lowest BCUT2D eigenvalue weighted by atomic mass is 10.2. The van der Waals surface area contributed by atoms with Crippen molar-refractivity contribution < 1.29 is 9.53 Å². The van der Waals surface area contributed by atoms with Gasteiger partial charge in [0.2, 0.25) is 5.91 Å². The quantitative estimate of drug-likeness (QED) is 0.805. The van der Waals surface area contributed by atoms with Crippen LogP contribution < -0.4 is 10.1 Å². The van der Waals surface area contributed by atoms with Crippen molar-refractivity contribution in [2.45, 2.75) is 26.1 Å². The highest BCUT2D eigenvalue weighted by atomic mass is 35.5. The summed E-state index contributed by atoms with van der Waals surface area (Å²) >= 11 is 5.82. The lowest BCUT2D eigenvalue weighted by Gasteiger charge is -2.10. The number of halogens is 1. The molecule has 0 fully saturated rings. The average Bonchev–Trinajstić information content (AvgIpc) is 2.31. The van der Waals surface area contributed by atoms with Crippen LogP contribution in [0.15, 0.2) is 18.2 Å². The molecular weight excluding hydrogens is 226 g/mol. The Balaban J connectivity index is 2.86. The molecule has 1 amide bonds. The minimum atomic E-state index is -0.00955. The molecule has 0 saturated carbocycles. The molecule has 16 heavy (non-hydrogen) atoms. The van der Waals surface area contributed by atoms with E-state index in [0.29, 0.717) is 18.9 Å². The average molecular weight is 242 g/mol. The Hall–Kier alpha value is -1.22. The topological polar surface area (TPSA) is 38.3 Å². The maximum absolute atomic E-state index is 11.2. The van der Waals surface area contributed by atoms with Gasteiger partial charge in [-0.3, -0.25) is 4.79 Å². The highest BCUT2D eigenvalue weighted by molar-refractivity contribution is 6.17. The summed E-state index contributed by atoms with van der Waals surface area (Å²) in [4.78, 5) is 11.2. The first kappa shape index (κ1) is 12.8. The second-order valence-electron chi connectivity index (χ2n) is 3.29. The summed E-state index contributed by atoms with van der Waals surface area (Å²) in [7, 11) is 0. The first-order valence-electron chi connectivity index (χ1n) is 5.32. The predicted octanol–water partition coefficient (Wildman–Crippen LogP) is 3.17. The van der Waals surface area contributed by atoms with Gasteiger partial charge in [0.25, 0.3) is 0 Å². The van der Waals surface area contributed by atoms with E-state index < -0.39 is 0 Å². The second-order valence-corrected chi connectivity index (χ2v) is 3.56. The molecule has 1 rings (SSSR count). The van der Waals surface area contributed by atoms with Crippen LogP contribution in [0.3, 0.4) is 0 Å². The summed E-state index contributed by atoms with van der Waals surface area (Å²) in [5.74, 6) is 1.13. The maximum Gasteiger partial charge on any atom is 0.224 e. The molecule has 0 atom stereocenters. The number of carbonyl (C=O) groups is 1. The third-order valence-corrected chi connectivity index (χ3v) is 2.40. The van der Waals surface area contributed by atoms with Crippen LogP contribution >= 0.6 is 11.6 Å². The third-order valence-electron chi connectivity index (χ3n) is 2.11. The SMILES string of the molecule is CCOc1ccc(NC(=O)CC)cc1CCl. The van der Waals surface area contributed by atoms with E-state index in [1.165, 1.54) is 0 Å². The Kier molecular flexibility index (Phi) is 5.12. The summed E-state index contributed by atoms with van der Waals surface area (Å²) < 4.78 is 5.42. The molecule has 0 aliphatic rings. The fraction of sp³-hybridized carbons (Fsp3) is 0.417. The van der Waals surface area contributed by atoms with Gasteiger partial charge in [-0.2, -0.15) is 0 Å². The summed E-state index contributed by atoms with van der Waals surface area (Å²) in [5, 5.41) is 2.78. The molecule has 0 aliphatic carbocycles. The molecule has 0 saturated heterocycles. The number of rotatable bonds is 5. The van der Waals surface area contributed by atoms with Crippen LogP contribution in [0, 0.1) is 0 Å². The van der Waals surface area contributed by atoms with Gasteiger partial charge in [-0.15, -0.1) is 11.6 Å². The van der Waals surface area contributed by atoms with Gasteiger partial charge in [-0.1, -0.05) is 6.92 Å². The Morgan fingerprint density at radius 3 is 2.75 bits per heavy atom. The van der Waals surface area contributed by atoms with Crippen molar-refractivity contribution in [2.75, 3.05) is 11.9 Å². The lowest BCUT2D eigenvalue weighted by Crippen LogP contribution is -2.09. The largest absolute Gasteiger partial charge is 0.494 e. The number of ether oxygens (including phenoxy) is 1. The van der Waals surface area contributed by atoms with Crippen LogP contribution in [0.5, 0.6) is 5.75 Å². The molecule has 3 nitrogen and oxygen atoms in total. The Morgan fingerprint density at radius 1 is 1.44 bits per heavy atom. The predicted molar refractivity (Wildman–Crippen MR) is 66.1 cm³/mol. The number of alkyl halides is 1. The third kappa shape index (κ3) is 3.42. The molecule has 0 bridgehead atoms. The number of anilines is 1. The zero-order valence-corrected chi connectivity index (χ0v) is 10.3.